The molecule has 0 radical (unpaired) electrons. The van der Waals surface area contributed by atoms with Gasteiger partial charge in [0.2, 0.25) is 0 Å². The maximum absolute atomic E-state index is 12.9. The molecular weight excluding hydrogens is 322 g/mol. The molecule has 0 saturated carbocycles. The maximum Gasteiger partial charge on any atom is 0.261 e. The first kappa shape index (κ1) is 20.0. The molecule has 0 saturated heterocycles. The fourth-order valence-electron chi connectivity index (χ4n) is 3.19. The lowest BCUT2D eigenvalue weighted by molar-refractivity contribution is -0.129. The zero-order valence-electron chi connectivity index (χ0n) is 16.8. The number of amides is 1. The van der Waals surface area contributed by atoms with Gasteiger partial charge in [-0.3, -0.25) is 4.79 Å². The van der Waals surface area contributed by atoms with Crippen LogP contribution in [0.1, 0.15) is 60.5 Å². The molecule has 0 fully saturated rings. The lowest BCUT2D eigenvalue weighted by Gasteiger charge is -2.24. The zero-order valence-corrected chi connectivity index (χ0v) is 16.8. The van der Waals surface area contributed by atoms with E-state index in [0.29, 0.717) is 6.42 Å². The molecule has 1 amide bonds. The topological polar surface area (TPSA) is 38.3 Å². The molecule has 0 aromatic heterocycles. The van der Waals surface area contributed by atoms with Gasteiger partial charge in [-0.25, -0.2) is 0 Å². The van der Waals surface area contributed by atoms with Crippen LogP contribution in [-0.2, 0) is 4.79 Å². The number of hydrogen-bond acceptors (Lipinski definition) is 2. The molecule has 3 heteroatoms. The molecule has 0 aliphatic rings. The fourth-order valence-corrected chi connectivity index (χ4v) is 3.19. The van der Waals surface area contributed by atoms with Crippen molar-refractivity contribution < 1.29 is 9.53 Å². The lowest BCUT2D eigenvalue weighted by atomic mass is 9.97. The Morgan fingerprint density at radius 1 is 0.923 bits per heavy atom. The van der Waals surface area contributed by atoms with E-state index >= 15 is 0 Å². The minimum absolute atomic E-state index is 0.000596. The van der Waals surface area contributed by atoms with Gasteiger partial charge in [-0.2, -0.15) is 0 Å². The van der Waals surface area contributed by atoms with Crippen LogP contribution in [0.2, 0.25) is 0 Å². The van der Waals surface area contributed by atoms with Crippen LogP contribution in [-0.4, -0.2) is 12.0 Å². The zero-order chi connectivity index (χ0) is 19.3. The van der Waals surface area contributed by atoms with Crippen molar-refractivity contribution in [3.8, 4) is 5.75 Å². The minimum atomic E-state index is -0.490. The number of carbonyl (C=O) groups is 1. The van der Waals surface area contributed by atoms with Crippen molar-refractivity contribution in [2.45, 2.75) is 66.5 Å². The lowest BCUT2D eigenvalue weighted by Crippen LogP contribution is -2.40. The second kappa shape index (κ2) is 8.88. The van der Waals surface area contributed by atoms with Gasteiger partial charge in [0, 0.05) is 0 Å². The van der Waals surface area contributed by atoms with Crippen LogP contribution in [0.5, 0.6) is 5.75 Å². The highest BCUT2D eigenvalue weighted by molar-refractivity contribution is 5.81. The van der Waals surface area contributed by atoms with E-state index in [2.05, 4.69) is 50.4 Å². The van der Waals surface area contributed by atoms with Crippen LogP contribution >= 0.6 is 0 Å². The number of hydrogen-bond donors (Lipinski definition) is 1. The van der Waals surface area contributed by atoms with Gasteiger partial charge < -0.3 is 10.1 Å². The minimum Gasteiger partial charge on any atom is -0.480 e. The van der Waals surface area contributed by atoms with E-state index in [-0.39, 0.29) is 11.9 Å². The number of ether oxygens (including phenoxy) is 1. The maximum atomic E-state index is 12.9. The Morgan fingerprint density at radius 3 is 2.19 bits per heavy atom. The molecule has 2 atom stereocenters. The van der Waals surface area contributed by atoms with E-state index in [1.165, 1.54) is 16.7 Å². The van der Waals surface area contributed by atoms with Gasteiger partial charge in [0.25, 0.3) is 5.91 Å². The highest BCUT2D eigenvalue weighted by Gasteiger charge is 2.23. The molecule has 26 heavy (non-hydrogen) atoms. The number of carbonyl (C=O) groups excluding carboxylic acids is 1. The number of benzene rings is 2. The SMILES string of the molecule is CCC(Oc1cc(C)ccc1C)C(=O)NC(CC)c1ccc(C)cc1C. The molecule has 0 aliphatic carbocycles. The van der Waals surface area contributed by atoms with E-state index in [0.717, 1.165) is 23.3 Å². The molecule has 0 aliphatic heterocycles. The Labute approximate surface area is 157 Å². The van der Waals surface area contributed by atoms with Crippen molar-refractivity contribution in [1.29, 1.82) is 0 Å². The van der Waals surface area contributed by atoms with Crippen LogP contribution in [0, 0.1) is 27.7 Å². The first-order valence-corrected chi connectivity index (χ1v) is 9.47. The number of aryl methyl sites for hydroxylation is 4. The number of nitrogens with one attached hydrogen (secondary N) is 1. The predicted octanol–water partition coefficient (Wildman–Crippen LogP) is 5.35. The summed E-state index contributed by atoms with van der Waals surface area (Å²) in [6, 6.07) is 12.4. The van der Waals surface area contributed by atoms with E-state index in [1.807, 2.05) is 32.9 Å². The van der Waals surface area contributed by atoms with Crippen molar-refractivity contribution in [2.24, 2.45) is 0 Å². The Bertz CT molecular complexity index is 767. The van der Waals surface area contributed by atoms with Crippen LogP contribution in [0.25, 0.3) is 0 Å². The van der Waals surface area contributed by atoms with Crippen LogP contribution < -0.4 is 10.1 Å². The average molecular weight is 354 g/mol. The summed E-state index contributed by atoms with van der Waals surface area (Å²) >= 11 is 0. The summed E-state index contributed by atoms with van der Waals surface area (Å²) in [6.45, 7) is 12.3. The second-order valence-corrected chi connectivity index (χ2v) is 7.11. The normalized spacial score (nSPS) is 13.2. The Morgan fingerprint density at radius 2 is 1.58 bits per heavy atom. The fraction of sp³-hybridized carbons (Fsp3) is 0.435. The van der Waals surface area contributed by atoms with Crippen molar-refractivity contribution in [3.05, 3.63) is 64.2 Å². The highest BCUT2D eigenvalue weighted by atomic mass is 16.5. The first-order chi connectivity index (χ1) is 12.3. The van der Waals surface area contributed by atoms with Crippen LogP contribution in [0.4, 0.5) is 0 Å². The largest absolute Gasteiger partial charge is 0.480 e. The summed E-state index contributed by atoms with van der Waals surface area (Å²) in [5.74, 6) is 0.729. The second-order valence-electron chi connectivity index (χ2n) is 7.11. The van der Waals surface area contributed by atoms with Crippen LogP contribution in [0.3, 0.4) is 0 Å². The summed E-state index contributed by atoms with van der Waals surface area (Å²) in [7, 11) is 0. The van der Waals surface area contributed by atoms with Crippen molar-refractivity contribution in [2.75, 3.05) is 0 Å². The van der Waals surface area contributed by atoms with E-state index in [4.69, 9.17) is 4.74 Å². The van der Waals surface area contributed by atoms with E-state index < -0.39 is 6.10 Å². The van der Waals surface area contributed by atoms with Gasteiger partial charge in [-0.1, -0.05) is 49.7 Å². The van der Waals surface area contributed by atoms with Crippen molar-refractivity contribution in [3.63, 3.8) is 0 Å². The van der Waals surface area contributed by atoms with E-state index in [9.17, 15) is 4.79 Å². The average Bonchev–Trinajstić information content (AvgIpc) is 2.60. The third-order valence-corrected chi connectivity index (χ3v) is 4.80. The van der Waals surface area contributed by atoms with Crippen molar-refractivity contribution >= 4 is 5.91 Å². The monoisotopic (exact) mass is 353 g/mol. The smallest absolute Gasteiger partial charge is 0.261 e. The van der Waals surface area contributed by atoms with Gasteiger partial charge in [-0.15, -0.1) is 0 Å². The molecule has 0 spiro atoms. The summed E-state index contributed by atoms with van der Waals surface area (Å²) in [6.07, 6.45) is 0.980. The molecular formula is C23H31NO2. The summed E-state index contributed by atoms with van der Waals surface area (Å²) in [4.78, 5) is 12.9. The summed E-state index contributed by atoms with van der Waals surface area (Å²) in [5, 5.41) is 3.18. The summed E-state index contributed by atoms with van der Waals surface area (Å²) in [5.41, 5.74) is 5.79. The molecule has 2 rings (SSSR count). The number of rotatable bonds is 7. The molecule has 2 aromatic carbocycles. The Hall–Kier alpha value is -2.29. The van der Waals surface area contributed by atoms with Crippen molar-refractivity contribution in [1.82, 2.24) is 5.32 Å². The van der Waals surface area contributed by atoms with E-state index in [1.54, 1.807) is 0 Å². The van der Waals surface area contributed by atoms with Crippen LogP contribution in [0.15, 0.2) is 36.4 Å². The molecule has 0 heterocycles. The molecule has 140 valence electrons. The third kappa shape index (κ3) is 4.87. The van der Waals surface area contributed by atoms with Gasteiger partial charge in [0.1, 0.15) is 5.75 Å². The van der Waals surface area contributed by atoms with Gasteiger partial charge >= 0.3 is 0 Å². The quantitative estimate of drug-likeness (QED) is 0.729. The Balaban J connectivity index is 2.15. The molecule has 2 aromatic rings. The molecule has 0 bridgehead atoms. The molecule has 2 unspecified atom stereocenters. The Kier molecular flexibility index (Phi) is 6.84. The predicted molar refractivity (Wildman–Crippen MR) is 108 cm³/mol. The summed E-state index contributed by atoms with van der Waals surface area (Å²) < 4.78 is 6.06. The van der Waals surface area contributed by atoms with Gasteiger partial charge in [0.15, 0.2) is 6.10 Å². The molecule has 3 nitrogen and oxygen atoms in total. The standard InChI is InChI=1S/C23H31NO2/c1-7-20(19-12-10-15(3)13-18(19)6)24-23(25)21(8-2)26-22-14-16(4)9-11-17(22)5/h9-14,20-21H,7-8H2,1-6H3,(H,24,25). The highest BCUT2D eigenvalue weighted by Crippen LogP contribution is 2.24. The van der Waals surface area contributed by atoms with Gasteiger partial charge in [0.05, 0.1) is 6.04 Å². The van der Waals surface area contributed by atoms with Gasteiger partial charge in [-0.05, 0) is 68.9 Å². The molecule has 1 N–H and O–H groups in total. The first-order valence-electron chi connectivity index (χ1n) is 9.47. The third-order valence-electron chi connectivity index (χ3n) is 4.80.